The number of likely N-dealkylation sites (tertiary alicyclic amines) is 1. The number of methoxy groups -OCH3 is 1. The molecule has 6 heteroatoms. The molecule has 1 unspecified atom stereocenters. The molecule has 2 heterocycles. The fourth-order valence-electron chi connectivity index (χ4n) is 4.62. The third-order valence-electron chi connectivity index (χ3n) is 6.49. The summed E-state index contributed by atoms with van der Waals surface area (Å²) in [4.78, 5) is 15.8. The van der Waals surface area contributed by atoms with E-state index < -0.39 is 0 Å². The summed E-state index contributed by atoms with van der Waals surface area (Å²) in [5, 5.41) is 7.99. The number of nitrogens with one attached hydrogen (secondary N) is 1. The van der Waals surface area contributed by atoms with E-state index in [4.69, 9.17) is 9.84 Å². The standard InChI is InChI=1S/C26H30N4O2/c1-32-25-12-6-5-11-21(25)24(29-15-7-8-16-29)18-27-26(31)23-17-22(19-13-14-19)28-30(23)20-9-3-2-4-10-20/h2-6,9-12,17,19,24H,7-8,13-16,18H2,1H3,(H,27,31). The van der Waals surface area contributed by atoms with E-state index in [2.05, 4.69) is 16.3 Å². The number of ether oxygens (including phenoxy) is 1. The Labute approximate surface area is 189 Å². The number of para-hydroxylation sites is 2. The predicted molar refractivity (Wildman–Crippen MR) is 124 cm³/mol. The zero-order valence-corrected chi connectivity index (χ0v) is 18.5. The average molecular weight is 431 g/mol. The van der Waals surface area contributed by atoms with Crippen molar-refractivity contribution >= 4 is 5.91 Å². The molecule has 1 aliphatic carbocycles. The molecule has 6 nitrogen and oxygen atoms in total. The first-order chi connectivity index (χ1) is 15.7. The third kappa shape index (κ3) is 4.28. The molecule has 0 bridgehead atoms. The topological polar surface area (TPSA) is 59.4 Å². The van der Waals surface area contributed by atoms with E-state index in [1.165, 1.54) is 12.8 Å². The van der Waals surface area contributed by atoms with Gasteiger partial charge in [0.15, 0.2) is 0 Å². The minimum absolute atomic E-state index is 0.0774. The molecule has 0 radical (unpaired) electrons. The van der Waals surface area contributed by atoms with Gasteiger partial charge in [-0.15, -0.1) is 0 Å². The van der Waals surface area contributed by atoms with Crippen molar-refractivity contribution in [1.29, 1.82) is 0 Å². The summed E-state index contributed by atoms with van der Waals surface area (Å²) in [5.41, 5.74) is 3.64. The minimum atomic E-state index is -0.0904. The van der Waals surface area contributed by atoms with Gasteiger partial charge in [0, 0.05) is 18.0 Å². The molecule has 1 aliphatic heterocycles. The van der Waals surface area contributed by atoms with Crippen LogP contribution in [0.3, 0.4) is 0 Å². The summed E-state index contributed by atoms with van der Waals surface area (Å²) in [6.07, 6.45) is 4.67. The predicted octanol–water partition coefficient (Wildman–Crippen LogP) is 4.33. The van der Waals surface area contributed by atoms with Gasteiger partial charge in [0.1, 0.15) is 11.4 Å². The van der Waals surface area contributed by atoms with Crippen molar-refractivity contribution in [3.8, 4) is 11.4 Å². The van der Waals surface area contributed by atoms with E-state index in [0.717, 1.165) is 48.6 Å². The average Bonchev–Trinajstić information content (AvgIpc) is 3.36. The normalized spacial score (nSPS) is 17.3. The van der Waals surface area contributed by atoms with E-state index in [9.17, 15) is 4.79 Å². The van der Waals surface area contributed by atoms with E-state index in [0.29, 0.717) is 18.2 Å². The molecule has 1 saturated carbocycles. The van der Waals surface area contributed by atoms with Crippen LogP contribution in [0.2, 0.25) is 0 Å². The number of benzene rings is 2. The molecule has 166 valence electrons. The van der Waals surface area contributed by atoms with Gasteiger partial charge in [-0.3, -0.25) is 9.69 Å². The Morgan fingerprint density at radius 2 is 1.81 bits per heavy atom. The first-order valence-electron chi connectivity index (χ1n) is 11.5. The fraction of sp³-hybridized carbons (Fsp3) is 0.385. The number of hydrogen-bond donors (Lipinski definition) is 1. The van der Waals surface area contributed by atoms with Crippen LogP contribution in [0, 0.1) is 0 Å². The largest absolute Gasteiger partial charge is 0.496 e. The van der Waals surface area contributed by atoms with Gasteiger partial charge in [0.05, 0.1) is 24.5 Å². The van der Waals surface area contributed by atoms with Crippen LogP contribution < -0.4 is 10.1 Å². The van der Waals surface area contributed by atoms with E-state index in [1.807, 2.05) is 54.6 Å². The number of carbonyl (C=O) groups excluding carboxylic acids is 1. The zero-order chi connectivity index (χ0) is 21.9. The smallest absolute Gasteiger partial charge is 0.270 e. The van der Waals surface area contributed by atoms with E-state index >= 15 is 0 Å². The highest BCUT2D eigenvalue weighted by Crippen LogP contribution is 2.39. The maximum atomic E-state index is 13.4. The van der Waals surface area contributed by atoms with Crippen LogP contribution in [0.15, 0.2) is 60.7 Å². The third-order valence-corrected chi connectivity index (χ3v) is 6.49. The number of hydrogen-bond acceptors (Lipinski definition) is 4. The van der Waals surface area contributed by atoms with Crippen molar-refractivity contribution < 1.29 is 9.53 Å². The molecule has 1 atom stereocenters. The summed E-state index contributed by atoms with van der Waals surface area (Å²) in [7, 11) is 1.70. The second-order valence-electron chi connectivity index (χ2n) is 8.69. The number of amides is 1. The van der Waals surface area contributed by atoms with Crippen molar-refractivity contribution in [2.24, 2.45) is 0 Å². The summed E-state index contributed by atoms with van der Waals surface area (Å²) in [5.74, 6) is 1.26. The Balaban J connectivity index is 1.40. The monoisotopic (exact) mass is 430 g/mol. The first kappa shape index (κ1) is 20.8. The zero-order valence-electron chi connectivity index (χ0n) is 18.5. The highest BCUT2D eigenvalue weighted by molar-refractivity contribution is 5.93. The molecule has 32 heavy (non-hydrogen) atoms. The van der Waals surface area contributed by atoms with Crippen LogP contribution in [-0.4, -0.2) is 47.3 Å². The van der Waals surface area contributed by atoms with Gasteiger partial charge in [-0.25, -0.2) is 4.68 Å². The number of nitrogens with zero attached hydrogens (tertiary/aromatic N) is 3. The fourth-order valence-corrected chi connectivity index (χ4v) is 4.62. The van der Waals surface area contributed by atoms with Crippen LogP contribution in [-0.2, 0) is 0 Å². The van der Waals surface area contributed by atoms with Gasteiger partial charge in [-0.1, -0.05) is 36.4 Å². The number of aromatic nitrogens is 2. The molecule has 1 saturated heterocycles. The van der Waals surface area contributed by atoms with Gasteiger partial charge in [0.2, 0.25) is 0 Å². The molecule has 1 aromatic heterocycles. The van der Waals surface area contributed by atoms with Crippen molar-refractivity contribution in [2.45, 2.75) is 37.6 Å². The molecular formula is C26H30N4O2. The second kappa shape index (κ2) is 9.17. The van der Waals surface area contributed by atoms with Crippen molar-refractivity contribution in [3.63, 3.8) is 0 Å². The lowest BCUT2D eigenvalue weighted by atomic mass is 10.0. The van der Waals surface area contributed by atoms with E-state index in [1.54, 1.807) is 11.8 Å². The lowest BCUT2D eigenvalue weighted by molar-refractivity contribution is 0.0929. The molecule has 2 aliphatic rings. The number of carbonyl (C=O) groups is 1. The molecule has 2 aromatic carbocycles. The second-order valence-corrected chi connectivity index (χ2v) is 8.69. The molecule has 2 fully saturated rings. The van der Waals surface area contributed by atoms with Gasteiger partial charge in [-0.2, -0.15) is 5.10 Å². The highest BCUT2D eigenvalue weighted by Gasteiger charge is 2.30. The Kier molecular flexibility index (Phi) is 5.95. The van der Waals surface area contributed by atoms with Gasteiger partial charge >= 0.3 is 0 Å². The maximum Gasteiger partial charge on any atom is 0.270 e. The lowest BCUT2D eigenvalue weighted by Gasteiger charge is -2.29. The van der Waals surface area contributed by atoms with Gasteiger partial charge < -0.3 is 10.1 Å². The Morgan fingerprint density at radius 3 is 2.53 bits per heavy atom. The van der Waals surface area contributed by atoms with Gasteiger partial charge in [0.25, 0.3) is 5.91 Å². The SMILES string of the molecule is COc1ccccc1C(CNC(=O)c1cc(C2CC2)nn1-c1ccccc1)N1CCCC1. The van der Waals surface area contributed by atoms with Crippen molar-refractivity contribution in [3.05, 3.63) is 77.6 Å². The maximum absolute atomic E-state index is 13.4. The van der Waals surface area contributed by atoms with Crippen LogP contribution in [0.4, 0.5) is 0 Å². The lowest BCUT2D eigenvalue weighted by Crippen LogP contribution is -2.37. The quantitative estimate of drug-likeness (QED) is 0.578. The molecule has 0 spiro atoms. The number of rotatable bonds is 8. The first-order valence-corrected chi connectivity index (χ1v) is 11.5. The summed E-state index contributed by atoms with van der Waals surface area (Å²) < 4.78 is 7.43. The van der Waals surface area contributed by atoms with Crippen molar-refractivity contribution in [1.82, 2.24) is 20.0 Å². The molecule has 3 aromatic rings. The Bertz CT molecular complexity index is 1070. The molecular weight excluding hydrogens is 400 g/mol. The highest BCUT2D eigenvalue weighted by atomic mass is 16.5. The molecule has 5 rings (SSSR count). The van der Waals surface area contributed by atoms with Gasteiger partial charge in [-0.05, 0) is 63.0 Å². The van der Waals surface area contributed by atoms with E-state index in [-0.39, 0.29) is 11.9 Å². The van der Waals surface area contributed by atoms with Crippen molar-refractivity contribution in [2.75, 3.05) is 26.7 Å². The van der Waals surface area contributed by atoms with Crippen LogP contribution in [0.5, 0.6) is 5.75 Å². The van der Waals surface area contributed by atoms with Crippen LogP contribution >= 0.6 is 0 Å². The summed E-state index contributed by atoms with van der Waals surface area (Å²) in [6.45, 7) is 2.59. The Morgan fingerprint density at radius 1 is 1.09 bits per heavy atom. The molecule has 1 amide bonds. The Hall–Kier alpha value is -3.12. The summed E-state index contributed by atoms with van der Waals surface area (Å²) in [6, 6.07) is 20.1. The minimum Gasteiger partial charge on any atom is -0.496 e. The van der Waals surface area contributed by atoms with Crippen LogP contribution in [0.1, 0.15) is 59.4 Å². The summed E-state index contributed by atoms with van der Waals surface area (Å²) >= 11 is 0. The van der Waals surface area contributed by atoms with Crippen LogP contribution in [0.25, 0.3) is 5.69 Å². The molecule has 1 N–H and O–H groups in total.